The van der Waals surface area contributed by atoms with Gasteiger partial charge in [-0.05, 0) is 32.8 Å². The Bertz CT molecular complexity index is 623. The zero-order chi connectivity index (χ0) is 14.1. The molecule has 1 N–H and O–H groups in total. The second-order valence-electron chi connectivity index (χ2n) is 5.38. The van der Waals surface area contributed by atoms with Crippen LogP contribution >= 0.6 is 11.3 Å². The number of rotatable bonds is 3. The molecule has 1 aliphatic carbocycles. The molecule has 0 spiro atoms. The van der Waals surface area contributed by atoms with Gasteiger partial charge in [-0.25, -0.2) is 4.68 Å². The lowest BCUT2D eigenvalue weighted by Crippen LogP contribution is -2.17. The first-order valence-electron chi connectivity index (χ1n) is 7.07. The molecule has 2 aromatic heterocycles. The number of nitrogens with one attached hydrogen (secondary N) is 1. The first-order valence-corrected chi connectivity index (χ1v) is 7.88. The van der Waals surface area contributed by atoms with Crippen molar-refractivity contribution in [3.63, 3.8) is 0 Å². The van der Waals surface area contributed by atoms with Gasteiger partial charge >= 0.3 is 0 Å². The minimum absolute atomic E-state index is 0.0356. The number of anilines is 1. The van der Waals surface area contributed by atoms with Crippen molar-refractivity contribution in [3.05, 3.63) is 33.6 Å². The first kappa shape index (κ1) is 13.4. The summed E-state index contributed by atoms with van der Waals surface area (Å²) in [6, 6.07) is 4.27. The molecule has 20 heavy (non-hydrogen) atoms. The third kappa shape index (κ3) is 2.50. The van der Waals surface area contributed by atoms with Gasteiger partial charge < -0.3 is 5.32 Å². The predicted octanol–water partition coefficient (Wildman–Crippen LogP) is 3.93. The van der Waals surface area contributed by atoms with E-state index in [0.717, 1.165) is 34.0 Å². The van der Waals surface area contributed by atoms with E-state index in [1.54, 1.807) is 17.5 Å². The van der Waals surface area contributed by atoms with Crippen LogP contribution in [-0.2, 0) is 0 Å². The van der Waals surface area contributed by atoms with E-state index >= 15 is 0 Å². The Morgan fingerprint density at radius 2 is 2.15 bits per heavy atom. The van der Waals surface area contributed by atoms with Gasteiger partial charge in [-0.2, -0.15) is 5.10 Å². The van der Waals surface area contributed by atoms with Crippen LogP contribution in [0.1, 0.15) is 51.8 Å². The molecule has 0 unspecified atom stereocenters. The van der Waals surface area contributed by atoms with Gasteiger partial charge in [0.2, 0.25) is 0 Å². The number of carbonyl (C=O) groups is 1. The van der Waals surface area contributed by atoms with Crippen molar-refractivity contribution in [1.82, 2.24) is 9.78 Å². The molecule has 0 radical (unpaired) electrons. The highest BCUT2D eigenvalue weighted by atomic mass is 32.1. The highest BCUT2D eigenvalue weighted by Crippen LogP contribution is 2.31. The van der Waals surface area contributed by atoms with E-state index in [1.807, 2.05) is 30.7 Å². The Hall–Kier alpha value is -1.62. The SMILES string of the molecule is Cc1cc(C(=O)Nc2ccnn2C2CCCC2)c(C)s1. The largest absolute Gasteiger partial charge is 0.307 e. The zero-order valence-electron chi connectivity index (χ0n) is 11.8. The highest BCUT2D eigenvalue weighted by Gasteiger charge is 2.21. The Labute approximate surface area is 122 Å². The molecule has 1 amide bonds. The van der Waals surface area contributed by atoms with Crippen molar-refractivity contribution in [2.75, 3.05) is 5.32 Å². The molecular formula is C15H19N3OS. The Balaban J connectivity index is 1.79. The summed E-state index contributed by atoms with van der Waals surface area (Å²) in [4.78, 5) is 14.6. The molecule has 0 saturated heterocycles. The molecule has 0 atom stereocenters. The molecule has 0 aliphatic heterocycles. The van der Waals surface area contributed by atoms with Crippen molar-refractivity contribution >= 4 is 23.1 Å². The van der Waals surface area contributed by atoms with Crippen LogP contribution in [0.3, 0.4) is 0 Å². The molecule has 1 aliphatic rings. The quantitative estimate of drug-likeness (QED) is 0.930. The van der Waals surface area contributed by atoms with E-state index in [-0.39, 0.29) is 5.91 Å². The van der Waals surface area contributed by atoms with E-state index in [0.29, 0.717) is 6.04 Å². The van der Waals surface area contributed by atoms with E-state index in [4.69, 9.17) is 0 Å². The van der Waals surface area contributed by atoms with Crippen LogP contribution in [0.2, 0.25) is 0 Å². The van der Waals surface area contributed by atoms with E-state index in [2.05, 4.69) is 10.4 Å². The lowest BCUT2D eigenvalue weighted by Gasteiger charge is -2.14. The maximum absolute atomic E-state index is 12.4. The van der Waals surface area contributed by atoms with Gasteiger partial charge in [0, 0.05) is 15.8 Å². The Kier molecular flexibility index (Phi) is 3.61. The smallest absolute Gasteiger partial charge is 0.257 e. The summed E-state index contributed by atoms with van der Waals surface area (Å²) >= 11 is 1.66. The maximum atomic E-state index is 12.4. The molecule has 2 heterocycles. The monoisotopic (exact) mass is 289 g/mol. The molecule has 106 valence electrons. The van der Waals surface area contributed by atoms with Crippen molar-refractivity contribution in [2.45, 2.75) is 45.6 Å². The molecule has 1 saturated carbocycles. The summed E-state index contributed by atoms with van der Waals surface area (Å²) in [5.74, 6) is 0.775. The molecule has 1 fully saturated rings. The fourth-order valence-electron chi connectivity index (χ4n) is 2.89. The van der Waals surface area contributed by atoms with Crippen LogP contribution in [0, 0.1) is 13.8 Å². The molecule has 0 bridgehead atoms. The van der Waals surface area contributed by atoms with Crippen molar-refractivity contribution in [1.29, 1.82) is 0 Å². The number of aryl methyl sites for hydroxylation is 2. The van der Waals surface area contributed by atoms with Crippen molar-refractivity contribution in [2.24, 2.45) is 0 Å². The summed E-state index contributed by atoms with van der Waals surface area (Å²) < 4.78 is 1.97. The van der Waals surface area contributed by atoms with Crippen molar-refractivity contribution in [3.8, 4) is 0 Å². The predicted molar refractivity (Wildman–Crippen MR) is 81.5 cm³/mol. The summed E-state index contributed by atoms with van der Waals surface area (Å²) in [6.07, 6.45) is 6.57. The number of thiophene rings is 1. The molecule has 5 heteroatoms. The van der Waals surface area contributed by atoms with Crippen LogP contribution < -0.4 is 5.32 Å². The highest BCUT2D eigenvalue weighted by molar-refractivity contribution is 7.12. The number of hydrogen-bond acceptors (Lipinski definition) is 3. The minimum Gasteiger partial charge on any atom is -0.307 e. The molecule has 4 nitrogen and oxygen atoms in total. The second kappa shape index (κ2) is 5.40. The number of hydrogen-bond donors (Lipinski definition) is 1. The maximum Gasteiger partial charge on any atom is 0.257 e. The normalized spacial score (nSPS) is 15.7. The van der Waals surface area contributed by atoms with E-state index in [1.165, 1.54) is 12.8 Å². The fraction of sp³-hybridized carbons (Fsp3) is 0.467. The van der Waals surface area contributed by atoms with E-state index in [9.17, 15) is 4.79 Å². The average molecular weight is 289 g/mol. The summed E-state index contributed by atoms with van der Waals surface area (Å²) in [5.41, 5.74) is 0.770. The van der Waals surface area contributed by atoms with Gasteiger partial charge in [0.1, 0.15) is 5.82 Å². The van der Waals surface area contributed by atoms with Crippen molar-refractivity contribution < 1.29 is 4.79 Å². The van der Waals surface area contributed by atoms with Crippen LogP contribution in [0.4, 0.5) is 5.82 Å². The van der Waals surface area contributed by atoms with Gasteiger partial charge in [0.25, 0.3) is 5.91 Å². The molecule has 0 aromatic carbocycles. The lowest BCUT2D eigenvalue weighted by molar-refractivity contribution is 0.102. The second-order valence-corrected chi connectivity index (χ2v) is 6.84. The number of nitrogens with zero attached hydrogens (tertiary/aromatic N) is 2. The van der Waals surface area contributed by atoms with Crippen LogP contribution in [0.15, 0.2) is 18.3 Å². The van der Waals surface area contributed by atoms with E-state index < -0.39 is 0 Å². The van der Waals surface area contributed by atoms with Crippen LogP contribution in [0.5, 0.6) is 0 Å². The Morgan fingerprint density at radius 1 is 1.40 bits per heavy atom. The standard InChI is InChI=1S/C15H19N3OS/c1-10-9-13(11(2)20-10)15(19)17-14-7-8-16-18(14)12-5-3-4-6-12/h7-9,12H,3-6H2,1-2H3,(H,17,19). The topological polar surface area (TPSA) is 46.9 Å². The third-order valence-corrected chi connectivity index (χ3v) is 4.83. The van der Waals surface area contributed by atoms with Crippen LogP contribution in [-0.4, -0.2) is 15.7 Å². The number of carbonyl (C=O) groups excluding carboxylic acids is 1. The average Bonchev–Trinajstić information content (AvgIpc) is 3.09. The minimum atomic E-state index is -0.0356. The Morgan fingerprint density at radius 3 is 2.80 bits per heavy atom. The fourth-order valence-corrected chi connectivity index (χ4v) is 3.81. The lowest BCUT2D eigenvalue weighted by atomic mass is 10.2. The summed E-state index contributed by atoms with van der Waals surface area (Å²) in [6.45, 7) is 4.01. The first-order chi connectivity index (χ1) is 9.65. The van der Waals surface area contributed by atoms with Gasteiger partial charge in [-0.15, -0.1) is 11.3 Å². The summed E-state index contributed by atoms with van der Waals surface area (Å²) in [5, 5.41) is 7.38. The van der Waals surface area contributed by atoms with Crippen LogP contribution in [0.25, 0.3) is 0 Å². The summed E-state index contributed by atoms with van der Waals surface area (Å²) in [7, 11) is 0. The number of amides is 1. The molecule has 2 aromatic rings. The zero-order valence-corrected chi connectivity index (χ0v) is 12.7. The van der Waals surface area contributed by atoms with Gasteiger partial charge in [-0.1, -0.05) is 12.8 Å². The van der Waals surface area contributed by atoms with Gasteiger partial charge in [0.15, 0.2) is 0 Å². The molecular weight excluding hydrogens is 270 g/mol. The third-order valence-electron chi connectivity index (χ3n) is 3.87. The van der Waals surface area contributed by atoms with Gasteiger partial charge in [0.05, 0.1) is 17.8 Å². The molecule has 3 rings (SSSR count). The number of aromatic nitrogens is 2. The van der Waals surface area contributed by atoms with Gasteiger partial charge in [-0.3, -0.25) is 4.79 Å².